The fraction of sp³-hybridized carbons (Fsp3) is 0.118. The van der Waals surface area contributed by atoms with Gasteiger partial charge in [-0.25, -0.2) is 0 Å². The van der Waals surface area contributed by atoms with Crippen LogP contribution in [-0.4, -0.2) is 14.2 Å². The maximum atomic E-state index is 12.2. The number of nitrogen functional groups attached to an aromatic ring is 1. The van der Waals surface area contributed by atoms with Crippen LogP contribution in [0, 0.1) is 0 Å². The summed E-state index contributed by atoms with van der Waals surface area (Å²) < 4.78 is 16.1. The highest BCUT2D eigenvalue weighted by Gasteiger charge is 2.10. The maximum Gasteiger partial charge on any atom is 0.193 e. The van der Waals surface area contributed by atoms with Crippen LogP contribution in [-0.2, 0) is 0 Å². The first-order chi connectivity index (χ1) is 10.6. The molecule has 0 saturated carbocycles. The zero-order valence-electron chi connectivity index (χ0n) is 12.3. The van der Waals surface area contributed by atoms with Gasteiger partial charge >= 0.3 is 0 Å². The molecule has 0 radical (unpaired) electrons. The first-order valence-electron chi connectivity index (χ1n) is 6.68. The number of ether oxygens (including phenoxy) is 2. The van der Waals surface area contributed by atoms with Crippen LogP contribution in [0.3, 0.4) is 0 Å². The van der Waals surface area contributed by atoms with Crippen LogP contribution < -0.4 is 20.6 Å². The molecule has 0 aliphatic heterocycles. The molecule has 5 heteroatoms. The van der Waals surface area contributed by atoms with Gasteiger partial charge in [0.2, 0.25) is 0 Å². The zero-order valence-corrected chi connectivity index (χ0v) is 12.3. The molecule has 0 unspecified atom stereocenters. The van der Waals surface area contributed by atoms with E-state index in [1.807, 2.05) is 0 Å². The summed E-state index contributed by atoms with van der Waals surface area (Å²) in [5, 5.41) is 0.506. The van der Waals surface area contributed by atoms with E-state index in [4.69, 9.17) is 19.6 Å². The van der Waals surface area contributed by atoms with Gasteiger partial charge in [0.15, 0.2) is 5.43 Å². The maximum absolute atomic E-state index is 12.2. The Kier molecular flexibility index (Phi) is 3.47. The summed E-state index contributed by atoms with van der Waals surface area (Å²) >= 11 is 0. The molecular weight excluding hydrogens is 282 g/mol. The number of fused-ring (bicyclic) bond motifs is 1. The number of benzene rings is 2. The average Bonchev–Trinajstić information content (AvgIpc) is 2.54. The van der Waals surface area contributed by atoms with Gasteiger partial charge in [-0.05, 0) is 30.3 Å². The van der Waals surface area contributed by atoms with Crippen molar-refractivity contribution in [3.05, 3.63) is 52.7 Å². The van der Waals surface area contributed by atoms with Crippen LogP contribution in [0.2, 0.25) is 0 Å². The molecule has 0 aliphatic rings. The van der Waals surface area contributed by atoms with Gasteiger partial charge in [0.05, 0.1) is 25.3 Å². The molecule has 2 N–H and O–H groups in total. The Hall–Kier alpha value is -2.95. The highest BCUT2D eigenvalue weighted by molar-refractivity contribution is 5.80. The first-order valence-corrected chi connectivity index (χ1v) is 6.68. The minimum absolute atomic E-state index is 0.117. The molecule has 2 aromatic carbocycles. The van der Waals surface area contributed by atoms with E-state index in [9.17, 15) is 4.79 Å². The predicted molar refractivity (Wildman–Crippen MR) is 85.4 cm³/mol. The average molecular weight is 297 g/mol. The standard InChI is InChI=1S/C17H15NO4/c1-20-11-4-5-12-14(19)9-16(22-17(12)8-11)10-3-6-15(21-2)13(18)7-10/h3-9H,18H2,1-2H3. The molecule has 3 aromatic rings. The number of hydrogen-bond donors (Lipinski definition) is 1. The van der Waals surface area contributed by atoms with Gasteiger partial charge in [-0.2, -0.15) is 0 Å². The molecule has 5 nitrogen and oxygen atoms in total. The Morgan fingerprint density at radius 1 is 1.00 bits per heavy atom. The van der Waals surface area contributed by atoms with E-state index < -0.39 is 0 Å². The molecule has 1 aromatic heterocycles. The number of anilines is 1. The smallest absolute Gasteiger partial charge is 0.193 e. The van der Waals surface area contributed by atoms with Crippen molar-refractivity contribution in [1.29, 1.82) is 0 Å². The van der Waals surface area contributed by atoms with Gasteiger partial charge in [0, 0.05) is 17.7 Å². The number of rotatable bonds is 3. The molecule has 0 saturated heterocycles. The van der Waals surface area contributed by atoms with Crippen molar-refractivity contribution in [1.82, 2.24) is 0 Å². The number of nitrogens with two attached hydrogens (primary N) is 1. The normalized spacial score (nSPS) is 10.6. The fourth-order valence-electron chi connectivity index (χ4n) is 2.29. The van der Waals surface area contributed by atoms with E-state index in [0.29, 0.717) is 39.5 Å². The molecule has 1 heterocycles. The van der Waals surface area contributed by atoms with Gasteiger partial charge in [0.1, 0.15) is 22.8 Å². The lowest BCUT2D eigenvalue weighted by Gasteiger charge is -2.08. The van der Waals surface area contributed by atoms with Crippen molar-refractivity contribution < 1.29 is 13.9 Å². The molecule has 112 valence electrons. The minimum atomic E-state index is -0.117. The van der Waals surface area contributed by atoms with E-state index in [2.05, 4.69) is 0 Å². The third kappa shape index (κ3) is 2.37. The second-order valence-corrected chi connectivity index (χ2v) is 4.79. The quantitative estimate of drug-likeness (QED) is 0.752. The second kappa shape index (κ2) is 5.44. The Morgan fingerprint density at radius 3 is 2.50 bits per heavy atom. The van der Waals surface area contributed by atoms with Gasteiger partial charge in [-0.15, -0.1) is 0 Å². The molecule has 0 atom stereocenters. The van der Waals surface area contributed by atoms with Gasteiger partial charge in [0.25, 0.3) is 0 Å². The van der Waals surface area contributed by atoms with Crippen LogP contribution in [0.25, 0.3) is 22.3 Å². The van der Waals surface area contributed by atoms with Crippen LogP contribution in [0.4, 0.5) is 5.69 Å². The molecule has 3 rings (SSSR count). The molecule has 22 heavy (non-hydrogen) atoms. The van der Waals surface area contributed by atoms with Crippen LogP contribution in [0.5, 0.6) is 11.5 Å². The van der Waals surface area contributed by atoms with E-state index in [1.54, 1.807) is 50.6 Å². The van der Waals surface area contributed by atoms with Crippen molar-refractivity contribution in [2.24, 2.45) is 0 Å². The monoisotopic (exact) mass is 297 g/mol. The molecule has 0 bridgehead atoms. The summed E-state index contributed by atoms with van der Waals surface area (Å²) in [5.74, 6) is 1.65. The summed E-state index contributed by atoms with van der Waals surface area (Å²) in [6.07, 6.45) is 0. The molecule has 0 fully saturated rings. The van der Waals surface area contributed by atoms with Gasteiger partial charge in [-0.1, -0.05) is 0 Å². The molecule has 0 amide bonds. The fourth-order valence-corrected chi connectivity index (χ4v) is 2.29. The summed E-state index contributed by atoms with van der Waals surface area (Å²) in [6, 6.07) is 11.8. The SMILES string of the molecule is COc1ccc2c(=O)cc(-c3ccc(OC)c(N)c3)oc2c1. The van der Waals surface area contributed by atoms with Crippen molar-refractivity contribution >= 4 is 16.7 Å². The van der Waals surface area contributed by atoms with E-state index >= 15 is 0 Å². The largest absolute Gasteiger partial charge is 0.497 e. The number of hydrogen-bond acceptors (Lipinski definition) is 5. The predicted octanol–water partition coefficient (Wildman–Crippen LogP) is 3.06. The highest BCUT2D eigenvalue weighted by Crippen LogP contribution is 2.29. The Morgan fingerprint density at radius 2 is 1.82 bits per heavy atom. The van der Waals surface area contributed by atoms with E-state index in [1.165, 1.54) is 6.07 Å². The lowest BCUT2D eigenvalue weighted by molar-refractivity contribution is 0.414. The Bertz CT molecular complexity index is 899. The number of methoxy groups -OCH3 is 2. The summed E-state index contributed by atoms with van der Waals surface area (Å²) in [7, 11) is 3.11. The minimum Gasteiger partial charge on any atom is -0.497 e. The second-order valence-electron chi connectivity index (χ2n) is 4.79. The van der Waals surface area contributed by atoms with E-state index in [-0.39, 0.29) is 5.43 Å². The van der Waals surface area contributed by atoms with Crippen molar-refractivity contribution in [3.8, 4) is 22.8 Å². The van der Waals surface area contributed by atoms with E-state index in [0.717, 1.165) is 0 Å². The summed E-state index contributed by atoms with van der Waals surface area (Å²) in [4.78, 5) is 12.2. The van der Waals surface area contributed by atoms with Gasteiger partial charge < -0.3 is 19.6 Å². The van der Waals surface area contributed by atoms with Crippen LogP contribution in [0.1, 0.15) is 0 Å². The third-order valence-corrected chi connectivity index (χ3v) is 3.45. The first kappa shape index (κ1) is 14.0. The molecule has 0 spiro atoms. The highest BCUT2D eigenvalue weighted by atomic mass is 16.5. The topological polar surface area (TPSA) is 74.7 Å². The Labute approximate surface area is 126 Å². The Balaban J connectivity index is 2.18. The summed E-state index contributed by atoms with van der Waals surface area (Å²) in [5.41, 5.74) is 7.44. The van der Waals surface area contributed by atoms with Crippen molar-refractivity contribution in [3.63, 3.8) is 0 Å². The molecule has 0 aliphatic carbocycles. The lowest BCUT2D eigenvalue weighted by atomic mass is 10.1. The van der Waals surface area contributed by atoms with Crippen LogP contribution >= 0.6 is 0 Å². The third-order valence-electron chi connectivity index (χ3n) is 3.45. The zero-order chi connectivity index (χ0) is 15.7. The summed E-state index contributed by atoms with van der Waals surface area (Å²) in [6.45, 7) is 0. The van der Waals surface area contributed by atoms with Crippen molar-refractivity contribution in [2.75, 3.05) is 20.0 Å². The van der Waals surface area contributed by atoms with Crippen molar-refractivity contribution in [2.45, 2.75) is 0 Å². The lowest BCUT2D eigenvalue weighted by Crippen LogP contribution is -2.01. The van der Waals surface area contributed by atoms with Crippen LogP contribution in [0.15, 0.2) is 51.7 Å². The van der Waals surface area contributed by atoms with Gasteiger partial charge in [-0.3, -0.25) is 4.79 Å². The molecular formula is C17H15NO4.